The van der Waals surface area contributed by atoms with Crippen LogP contribution < -0.4 is 10.6 Å². The van der Waals surface area contributed by atoms with Gasteiger partial charge in [-0.2, -0.15) is 0 Å². The first-order valence-corrected chi connectivity index (χ1v) is 8.42. The fraction of sp³-hybridized carbons (Fsp3) is 0.300. The van der Waals surface area contributed by atoms with Crippen LogP contribution in [0.2, 0.25) is 0 Å². The molecule has 1 heterocycles. The van der Waals surface area contributed by atoms with Crippen molar-refractivity contribution in [3.05, 3.63) is 60.2 Å². The SMILES string of the molecule is CC(=O)Nc1cccc(NC(=O)C2(c3ccccc3)CCOCC2)c1. The fourth-order valence-electron chi connectivity index (χ4n) is 3.25. The van der Waals surface area contributed by atoms with Crippen molar-refractivity contribution >= 4 is 23.2 Å². The molecule has 0 aliphatic carbocycles. The lowest BCUT2D eigenvalue weighted by Crippen LogP contribution is -2.44. The summed E-state index contributed by atoms with van der Waals surface area (Å²) in [6, 6.07) is 17.0. The first-order chi connectivity index (χ1) is 12.1. The Labute approximate surface area is 147 Å². The number of carbonyl (C=O) groups is 2. The van der Waals surface area contributed by atoms with E-state index in [1.165, 1.54) is 6.92 Å². The van der Waals surface area contributed by atoms with Crippen LogP contribution in [0.15, 0.2) is 54.6 Å². The van der Waals surface area contributed by atoms with Crippen LogP contribution in [0.5, 0.6) is 0 Å². The molecule has 2 aromatic rings. The number of anilines is 2. The normalized spacial score (nSPS) is 16.0. The topological polar surface area (TPSA) is 67.4 Å². The third-order valence-electron chi connectivity index (χ3n) is 4.55. The highest BCUT2D eigenvalue weighted by atomic mass is 16.5. The second-order valence-corrected chi connectivity index (χ2v) is 6.28. The van der Waals surface area contributed by atoms with Gasteiger partial charge in [0.05, 0.1) is 5.41 Å². The quantitative estimate of drug-likeness (QED) is 0.898. The molecule has 3 rings (SSSR count). The molecule has 0 aromatic heterocycles. The van der Waals surface area contributed by atoms with Gasteiger partial charge in [0, 0.05) is 31.5 Å². The summed E-state index contributed by atoms with van der Waals surface area (Å²) in [7, 11) is 0. The Morgan fingerprint density at radius 3 is 2.20 bits per heavy atom. The monoisotopic (exact) mass is 338 g/mol. The van der Waals surface area contributed by atoms with Gasteiger partial charge >= 0.3 is 0 Å². The number of amides is 2. The minimum atomic E-state index is -0.594. The van der Waals surface area contributed by atoms with E-state index < -0.39 is 5.41 Å². The number of rotatable bonds is 4. The van der Waals surface area contributed by atoms with Crippen LogP contribution >= 0.6 is 0 Å². The van der Waals surface area contributed by atoms with Crippen LogP contribution in [0.25, 0.3) is 0 Å². The second-order valence-electron chi connectivity index (χ2n) is 6.28. The van der Waals surface area contributed by atoms with Gasteiger partial charge in [0.15, 0.2) is 0 Å². The minimum absolute atomic E-state index is 0.0398. The van der Waals surface area contributed by atoms with Crippen molar-refractivity contribution in [1.29, 1.82) is 0 Å². The Morgan fingerprint density at radius 1 is 0.920 bits per heavy atom. The summed E-state index contributed by atoms with van der Waals surface area (Å²) in [6.07, 6.45) is 1.29. The Balaban J connectivity index is 1.85. The standard InChI is InChI=1S/C20H22N2O3/c1-15(23)21-17-8-5-9-18(14-17)22-19(24)20(10-12-25-13-11-20)16-6-3-2-4-7-16/h2-9,14H,10-13H2,1H3,(H,21,23)(H,22,24). The average molecular weight is 338 g/mol. The van der Waals surface area contributed by atoms with Crippen molar-refractivity contribution in [2.45, 2.75) is 25.2 Å². The van der Waals surface area contributed by atoms with Crippen molar-refractivity contribution in [3.8, 4) is 0 Å². The van der Waals surface area contributed by atoms with Crippen molar-refractivity contribution in [2.24, 2.45) is 0 Å². The molecule has 0 spiro atoms. The lowest BCUT2D eigenvalue weighted by molar-refractivity contribution is -0.125. The molecule has 0 saturated carbocycles. The molecule has 1 aliphatic heterocycles. The van der Waals surface area contributed by atoms with E-state index in [0.29, 0.717) is 37.4 Å². The van der Waals surface area contributed by atoms with Crippen LogP contribution in [0, 0.1) is 0 Å². The molecule has 25 heavy (non-hydrogen) atoms. The van der Waals surface area contributed by atoms with Crippen LogP contribution in [-0.4, -0.2) is 25.0 Å². The van der Waals surface area contributed by atoms with Gasteiger partial charge in [-0.15, -0.1) is 0 Å². The first-order valence-electron chi connectivity index (χ1n) is 8.42. The van der Waals surface area contributed by atoms with Gasteiger partial charge in [0.2, 0.25) is 11.8 Å². The zero-order valence-electron chi connectivity index (χ0n) is 14.2. The molecule has 1 fully saturated rings. The van der Waals surface area contributed by atoms with Crippen LogP contribution in [0.1, 0.15) is 25.3 Å². The molecule has 0 unspecified atom stereocenters. The molecule has 2 amide bonds. The smallest absolute Gasteiger partial charge is 0.235 e. The molecule has 1 aliphatic rings. The molecule has 0 bridgehead atoms. The maximum atomic E-state index is 13.2. The lowest BCUT2D eigenvalue weighted by atomic mass is 9.73. The van der Waals surface area contributed by atoms with E-state index in [1.54, 1.807) is 18.2 Å². The summed E-state index contributed by atoms with van der Waals surface area (Å²) in [5.41, 5.74) is 1.74. The van der Waals surface area contributed by atoms with Crippen LogP contribution in [0.3, 0.4) is 0 Å². The summed E-state index contributed by atoms with van der Waals surface area (Å²) in [5, 5.41) is 5.75. The van der Waals surface area contributed by atoms with Crippen LogP contribution in [-0.2, 0) is 19.7 Å². The summed E-state index contributed by atoms with van der Waals surface area (Å²) in [6.45, 7) is 2.58. The Hall–Kier alpha value is -2.66. The first kappa shape index (κ1) is 17.2. The van der Waals surface area contributed by atoms with Crippen molar-refractivity contribution in [2.75, 3.05) is 23.8 Å². The molecule has 2 N–H and O–H groups in total. The zero-order valence-corrected chi connectivity index (χ0v) is 14.2. The number of benzene rings is 2. The number of hydrogen-bond acceptors (Lipinski definition) is 3. The molecule has 2 aromatic carbocycles. The summed E-state index contributed by atoms with van der Waals surface area (Å²) in [5.74, 6) is -0.185. The van der Waals surface area contributed by atoms with E-state index >= 15 is 0 Å². The number of carbonyl (C=O) groups excluding carboxylic acids is 2. The maximum Gasteiger partial charge on any atom is 0.235 e. The van der Waals surface area contributed by atoms with Crippen molar-refractivity contribution < 1.29 is 14.3 Å². The van der Waals surface area contributed by atoms with Gasteiger partial charge < -0.3 is 15.4 Å². The Kier molecular flexibility index (Phi) is 5.14. The highest BCUT2D eigenvalue weighted by Crippen LogP contribution is 2.36. The highest BCUT2D eigenvalue weighted by molar-refractivity contribution is 6.00. The average Bonchev–Trinajstić information content (AvgIpc) is 2.63. The van der Waals surface area contributed by atoms with E-state index in [1.807, 2.05) is 36.4 Å². The number of nitrogens with one attached hydrogen (secondary N) is 2. The molecule has 0 atom stereocenters. The van der Waals surface area contributed by atoms with Gasteiger partial charge in [-0.1, -0.05) is 36.4 Å². The molecular weight excluding hydrogens is 316 g/mol. The van der Waals surface area contributed by atoms with Gasteiger partial charge in [-0.05, 0) is 36.6 Å². The van der Waals surface area contributed by atoms with Gasteiger partial charge in [0.1, 0.15) is 0 Å². The molecule has 5 nitrogen and oxygen atoms in total. The molecular formula is C20H22N2O3. The molecule has 5 heteroatoms. The van der Waals surface area contributed by atoms with E-state index in [4.69, 9.17) is 4.74 Å². The maximum absolute atomic E-state index is 13.2. The fourth-order valence-corrected chi connectivity index (χ4v) is 3.25. The summed E-state index contributed by atoms with van der Waals surface area (Å²) < 4.78 is 5.48. The largest absolute Gasteiger partial charge is 0.381 e. The van der Waals surface area contributed by atoms with Crippen molar-refractivity contribution in [1.82, 2.24) is 0 Å². The van der Waals surface area contributed by atoms with E-state index in [0.717, 1.165) is 5.56 Å². The van der Waals surface area contributed by atoms with E-state index in [2.05, 4.69) is 10.6 Å². The van der Waals surface area contributed by atoms with Crippen LogP contribution in [0.4, 0.5) is 11.4 Å². The van der Waals surface area contributed by atoms with E-state index in [-0.39, 0.29) is 11.8 Å². The van der Waals surface area contributed by atoms with Crippen molar-refractivity contribution in [3.63, 3.8) is 0 Å². The second kappa shape index (κ2) is 7.49. The predicted molar refractivity (Wildman–Crippen MR) is 97.5 cm³/mol. The number of hydrogen-bond donors (Lipinski definition) is 2. The van der Waals surface area contributed by atoms with Gasteiger partial charge in [-0.3, -0.25) is 9.59 Å². The zero-order chi connectivity index (χ0) is 17.7. The summed E-state index contributed by atoms with van der Waals surface area (Å²) >= 11 is 0. The predicted octanol–water partition coefficient (Wildman–Crippen LogP) is 3.33. The summed E-state index contributed by atoms with van der Waals surface area (Å²) in [4.78, 5) is 24.4. The van der Waals surface area contributed by atoms with E-state index in [9.17, 15) is 9.59 Å². The molecule has 1 saturated heterocycles. The lowest BCUT2D eigenvalue weighted by Gasteiger charge is -2.36. The highest BCUT2D eigenvalue weighted by Gasteiger charge is 2.41. The molecule has 0 radical (unpaired) electrons. The van der Waals surface area contributed by atoms with Gasteiger partial charge in [0.25, 0.3) is 0 Å². The Bertz CT molecular complexity index is 753. The Morgan fingerprint density at radius 2 is 1.56 bits per heavy atom. The third-order valence-corrected chi connectivity index (χ3v) is 4.55. The minimum Gasteiger partial charge on any atom is -0.381 e. The molecule has 130 valence electrons. The third kappa shape index (κ3) is 3.88. The number of ether oxygens (including phenoxy) is 1. The van der Waals surface area contributed by atoms with Gasteiger partial charge in [-0.25, -0.2) is 0 Å².